The molecule has 106 valence electrons. The molecule has 21 heavy (non-hydrogen) atoms. The first-order valence-corrected chi connectivity index (χ1v) is 6.49. The summed E-state index contributed by atoms with van der Waals surface area (Å²) in [5, 5.41) is 14.5. The molecule has 0 spiro atoms. The molecule has 0 fully saturated rings. The number of nitrogens with one attached hydrogen (secondary N) is 2. The van der Waals surface area contributed by atoms with Crippen LogP contribution in [0.2, 0.25) is 5.02 Å². The fourth-order valence-corrected chi connectivity index (χ4v) is 1.75. The molecule has 0 atom stereocenters. The smallest absolute Gasteiger partial charge is 0.323 e. The lowest BCUT2D eigenvalue weighted by molar-refractivity contribution is 0.262. The summed E-state index contributed by atoms with van der Waals surface area (Å²) in [6.45, 7) is -0.0858. The van der Waals surface area contributed by atoms with Crippen molar-refractivity contribution in [1.29, 1.82) is 5.26 Å². The maximum atomic E-state index is 11.9. The van der Waals surface area contributed by atoms with Crippen LogP contribution in [0.4, 0.5) is 16.2 Å². The van der Waals surface area contributed by atoms with Gasteiger partial charge in [0.25, 0.3) is 0 Å². The minimum absolute atomic E-state index is 0.0858. The van der Waals surface area contributed by atoms with E-state index in [1.807, 2.05) is 6.07 Å². The molecule has 0 aromatic heterocycles. The number of hydrogen-bond donors (Lipinski definition) is 2. The Morgan fingerprint density at radius 1 is 1.14 bits per heavy atom. The van der Waals surface area contributed by atoms with Crippen LogP contribution in [0.15, 0.2) is 48.5 Å². The predicted molar refractivity (Wildman–Crippen MR) is 81.6 cm³/mol. The number of anilines is 2. The van der Waals surface area contributed by atoms with Gasteiger partial charge in [0.2, 0.25) is 0 Å². The molecule has 0 saturated carbocycles. The topological polar surface area (TPSA) is 74.1 Å². The molecular formula is C15H12ClN3O2. The second kappa shape index (κ2) is 7.17. The van der Waals surface area contributed by atoms with Gasteiger partial charge in [-0.05, 0) is 36.4 Å². The van der Waals surface area contributed by atoms with Crippen molar-refractivity contribution in [3.05, 3.63) is 53.6 Å². The zero-order chi connectivity index (χ0) is 15.1. The number of nitriles is 1. The number of benzene rings is 2. The number of carbonyl (C=O) groups excluding carboxylic acids is 1. The SMILES string of the molecule is N#CCOc1ccccc1NC(=O)Nc1ccc(Cl)cc1. The first kappa shape index (κ1) is 14.7. The van der Waals surface area contributed by atoms with Gasteiger partial charge in [0.1, 0.15) is 11.8 Å². The third-order valence-corrected chi connectivity index (χ3v) is 2.78. The minimum Gasteiger partial charge on any atom is -0.477 e. The van der Waals surface area contributed by atoms with Gasteiger partial charge in [-0.15, -0.1) is 0 Å². The van der Waals surface area contributed by atoms with Crippen LogP contribution in [0, 0.1) is 11.3 Å². The number of amides is 2. The Morgan fingerprint density at radius 3 is 2.57 bits per heavy atom. The number of hydrogen-bond acceptors (Lipinski definition) is 3. The molecule has 2 amide bonds. The maximum Gasteiger partial charge on any atom is 0.323 e. The quantitative estimate of drug-likeness (QED) is 0.899. The summed E-state index contributed by atoms with van der Waals surface area (Å²) < 4.78 is 5.23. The number of halogens is 1. The van der Waals surface area contributed by atoms with Gasteiger partial charge < -0.3 is 15.4 Å². The lowest BCUT2D eigenvalue weighted by Crippen LogP contribution is -2.19. The first-order valence-electron chi connectivity index (χ1n) is 6.11. The largest absolute Gasteiger partial charge is 0.477 e. The van der Waals surface area contributed by atoms with Gasteiger partial charge in [-0.25, -0.2) is 4.79 Å². The van der Waals surface area contributed by atoms with Crippen molar-refractivity contribution in [2.75, 3.05) is 17.2 Å². The molecule has 0 aliphatic heterocycles. The van der Waals surface area contributed by atoms with Crippen LogP contribution in [-0.2, 0) is 0 Å². The highest BCUT2D eigenvalue weighted by Crippen LogP contribution is 2.24. The van der Waals surface area contributed by atoms with E-state index in [2.05, 4.69) is 10.6 Å². The minimum atomic E-state index is -0.412. The number of urea groups is 1. The first-order chi connectivity index (χ1) is 10.2. The van der Waals surface area contributed by atoms with Gasteiger partial charge in [0.05, 0.1) is 5.69 Å². The van der Waals surface area contributed by atoms with E-state index in [-0.39, 0.29) is 6.61 Å². The van der Waals surface area contributed by atoms with E-state index in [4.69, 9.17) is 21.6 Å². The van der Waals surface area contributed by atoms with Gasteiger partial charge in [-0.3, -0.25) is 0 Å². The molecule has 0 aliphatic rings. The summed E-state index contributed by atoms with van der Waals surface area (Å²) in [6.07, 6.45) is 0. The molecule has 5 nitrogen and oxygen atoms in total. The van der Waals surface area contributed by atoms with Crippen molar-refractivity contribution in [3.63, 3.8) is 0 Å². The lowest BCUT2D eigenvalue weighted by atomic mass is 10.3. The molecule has 0 aliphatic carbocycles. The number of carbonyl (C=O) groups is 1. The third-order valence-electron chi connectivity index (χ3n) is 2.53. The lowest BCUT2D eigenvalue weighted by Gasteiger charge is -2.11. The van der Waals surface area contributed by atoms with E-state index in [1.54, 1.807) is 48.5 Å². The molecule has 6 heteroatoms. The van der Waals surface area contributed by atoms with Gasteiger partial charge in [0, 0.05) is 10.7 Å². The van der Waals surface area contributed by atoms with Gasteiger partial charge in [0.15, 0.2) is 6.61 Å². The maximum absolute atomic E-state index is 11.9. The molecule has 2 aromatic rings. The average Bonchev–Trinajstić information content (AvgIpc) is 2.49. The fourth-order valence-electron chi connectivity index (χ4n) is 1.62. The Bertz CT molecular complexity index is 665. The second-order valence-electron chi connectivity index (χ2n) is 4.03. The van der Waals surface area contributed by atoms with Crippen molar-refractivity contribution in [2.45, 2.75) is 0 Å². The van der Waals surface area contributed by atoms with Crippen molar-refractivity contribution >= 4 is 29.0 Å². The third kappa shape index (κ3) is 4.41. The summed E-state index contributed by atoms with van der Waals surface area (Å²) in [4.78, 5) is 11.9. The molecular weight excluding hydrogens is 290 g/mol. The van der Waals surface area contributed by atoms with Crippen molar-refractivity contribution in [2.24, 2.45) is 0 Å². The summed E-state index contributed by atoms with van der Waals surface area (Å²) in [5.74, 6) is 0.435. The van der Waals surface area contributed by atoms with E-state index in [9.17, 15) is 4.79 Å². The van der Waals surface area contributed by atoms with E-state index in [0.717, 1.165) is 0 Å². The molecule has 0 saturated heterocycles. The zero-order valence-electron chi connectivity index (χ0n) is 11.0. The summed E-state index contributed by atoms with van der Waals surface area (Å²) in [7, 11) is 0. The number of nitrogens with zero attached hydrogens (tertiary/aromatic N) is 1. The molecule has 2 aromatic carbocycles. The highest BCUT2D eigenvalue weighted by molar-refractivity contribution is 6.30. The standard InChI is InChI=1S/C15H12ClN3O2/c16-11-5-7-12(8-6-11)18-15(20)19-13-3-1-2-4-14(13)21-10-9-17/h1-8H,10H2,(H2,18,19,20). The fraction of sp³-hybridized carbons (Fsp3) is 0.0667. The number of ether oxygens (including phenoxy) is 1. The second-order valence-corrected chi connectivity index (χ2v) is 4.47. The zero-order valence-corrected chi connectivity index (χ0v) is 11.7. The normalized spacial score (nSPS) is 9.52. The predicted octanol–water partition coefficient (Wildman–Crippen LogP) is 3.89. The van der Waals surface area contributed by atoms with Gasteiger partial charge in [-0.2, -0.15) is 5.26 Å². The van der Waals surface area contributed by atoms with Crippen LogP contribution >= 0.6 is 11.6 Å². The highest BCUT2D eigenvalue weighted by atomic mass is 35.5. The van der Waals surface area contributed by atoms with E-state index in [0.29, 0.717) is 22.1 Å². The monoisotopic (exact) mass is 301 g/mol. The molecule has 0 unspecified atom stereocenters. The van der Waals surface area contributed by atoms with Crippen LogP contribution in [0.1, 0.15) is 0 Å². The van der Waals surface area contributed by atoms with E-state index < -0.39 is 6.03 Å². The van der Waals surface area contributed by atoms with Gasteiger partial charge in [-0.1, -0.05) is 23.7 Å². The van der Waals surface area contributed by atoms with Crippen LogP contribution in [0.25, 0.3) is 0 Å². The average molecular weight is 302 g/mol. The van der Waals surface area contributed by atoms with Crippen LogP contribution in [-0.4, -0.2) is 12.6 Å². The van der Waals surface area contributed by atoms with Crippen LogP contribution in [0.5, 0.6) is 5.75 Å². The molecule has 2 rings (SSSR count). The number of para-hydroxylation sites is 2. The Hall–Kier alpha value is -2.71. The van der Waals surface area contributed by atoms with Gasteiger partial charge >= 0.3 is 6.03 Å². The molecule has 0 heterocycles. The summed E-state index contributed by atoms with van der Waals surface area (Å²) in [6, 6.07) is 15.1. The Balaban J connectivity index is 2.02. The Kier molecular flexibility index (Phi) is 5.02. The van der Waals surface area contributed by atoms with Crippen molar-refractivity contribution < 1.29 is 9.53 Å². The van der Waals surface area contributed by atoms with Crippen LogP contribution < -0.4 is 15.4 Å². The Labute approximate surface area is 127 Å². The summed E-state index contributed by atoms with van der Waals surface area (Å²) in [5.41, 5.74) is 1.10. The molecule has 0 bridgehead atoms. The highest BCUT2D eigenvalue weighted by Gasteiger charge is 2.07. The van der Waals surface area contributed by atoms with Crippen molar-refractivity contribution in [1.82, 2.24) is 0 Å². The van der Waals surface area contributed by atoms with E-state index >= 15 is 0 Å². The summed E-state index contributed by atoms with van der Waals surface area (Å²) >= 11 is 5.78. The molecule has 2 N–H and O–H groups in total. The van der Waals surface area contributed by atoms with Crippen LogP contribution in [0.3, 0.4) is 0 Å². The van der Waals surface area contributed by atoms with Crippen molar-refractivity contribution in [3.8, 4) is 11.8 Å². The molecule has 0 radical (unpaired) electrons. The van der Waals surface area contributed by atoms with E-state index in [1.165, 1.54) is 0 Å². The Morgan fingerprint density at radius 2 is 1.86 bits per heavy atom. The number of rotatable bonds is 4.